The van der Waals surface area contributed by atoms with E-state index in [0.717, 1.165) is 44.6 Å². The normalized spacial score (nSPS) is 16.1. The molecule has 0 aliphatic carbocycles. The summed E-state index contributed by atoms with van der Waals surface area (Å²) in [5.74, 6) is 2.04. The fourth-order valence-corrected chi connectivity index (χ4v) is 3.99. The Labute approximate surface area is 203 Å². The number of hydrazone groups is 1. The number of morpholine rings is 1. The van der Waals surface area contributed by atoms with Crippen molar-refractivity contribution >= 4 is 24.1 Å². The van der Waals surface area contributed by atoms with E-state index in [1.807, 2.05) is 24.3 Å². The van der Waals surface area contributed by atoms with Gasteiger partial charge in [-0.1, -0.05) is 30.3 Å². The summed E-state index contributed by atoms with van der Waals surface area (Å²) in [5, 5.41) is 4.33. The van der Waals surface area contributed by atoms with Crippen LogP contribution in [0, 0.1) is 5.82 Å². The molecule has 2 fully saturated rings. The van der Waals surface area contributed by atoms with Crippen molar-refractivity contribution in [1.29, 1.82) is 0 Å². The van der Waals surface area contributed by atoms with Crippen LogP contribution < -0.4 is 20.0 Å². The van der Waals surface area contributed by atoms with Gasteiger partial charge in [0.1, 0.15) is 18.2 Å². The Morgan fingerprint density at radius 2 is 1.69 bits per heavy atom. The first-order valence-electron chi connectivity index (χ1n) is 11.8. The lowest BCUT2D eigenvalue weighted by Gasteiger charge is -2.27. The largest absolute Gasteiger partial charge is 0.489 e. The highest BCUT2D eigenvalue weighted by molar-refractivity contribution is 5.80. The summed E-state index contributed by atoms with van der Waals surface area (Å²) in [7, 11) is 0. The van der Waals surface area contributed by atoms with Crippen LogP contribution in [-0.2, 0) is 11.3 Å². The Morgan fingerprint density at radius 1 is 0.943 bits per heavy atom. The van der Waals surface area contributed by atoms with Crippen LogP contribution in [0.15, 0.2) is 53.6 Å². The van der Waals surface area contributed by atoms with Crippen molar-refractivity contribution in [3.63, 3.8) is 0 Å². The minimum Gasteiger partial charge on any atom is -0.489 e. The van der Waals surface area contributed by atoms with Gasteiger partial charge >= 0.3 is 0 Å². The average molecular weight is 478 g/mol. The van der Waals surface area contributed by atoms with Crippen LogP contribution in [-0.4, -0.2) is 60.6 Å². The molecule has 2 aliphatic rings. The van der Waals surface area contributed by atoms with E-state index in [0.29, 0.717) is 42.4 Å². The maximum atomic E-state index is 13.8. The molecule has 0 saturated carbocycles. The number of aromatic nitrogens is 3. The summed E-state index contributed by atoms with van der Waals surface area (Å²) in [6, 6.07) is 14.0. The molecular formula is C25H28FN7O2. The third-order valence-corrected chi connectivity index (χ3v) is 5.88. The third kappa shape index (κ3) is 6.02. The van der Waals surface area contributed by atoms with Gasteiger partial charge in [-0.3, -0.25) is 0 Å². The van der Waals surface area contributed by atoms with Crippen molar-refractivity contribution in [2.75, 3.05) is 54.6 Å². The molecule has 2 saturated heterocycles. The molecule has 3 aromatic rings. The number of halogens is 1. The molecule has 0 bridgehead atoms. The van der Waals surface area contributed by atoms with Crippen LogP contribution in [0.1, 0.15) is 24.0 Å². The van der Waals surface area contributed by atoms with Crippen molar-refractivity contribution < 1.29 is 13.9 Å². The predicted octanol–water partition coefficient (Wildman–Crippen LogP) is 3.47. The van der Waals surface area contributed by atoms with Gasteiger partial charge in [0.15, 0.2) is 0 Å². The molecule has 2 aliphatic heterocycles. The van der Waals surface area contributed by atoms with Crippen LogP contribution in [0.4, 0.5) is 22.2 Å². The lowest BCUT2D eigenvalue weighted by Crippen LogP contribution is -2.38. The Bertz CT molecular complexity index is 1160. The van der Waals surface area contributed by atoms with E-state index in [9.17, 15) is 4.39 Å². The molecule has 35 heavy (non-hydrogen) atoms. The lowest BCUT2D eigenvalue weighted by atomic mass is 10.2. The molecule has 0 atom stereocenters. The van der Waals surface area contributed by atoms with Crippen molar-refractivity contribution in [2.24, 2.45) is 5.10 Å². The molecule has 182 valence electrons. The monoisotopic (exact) mass is 477 g/mol. The molecule has 1 N–H and O–H groups in total. The number of nitrogens with zero attached hydrogens (tertiary/aromatic N) is 6. The van der Waals surface area contributed by atoms with Crippen LogP contribution in [0.5, 0.6) is 5.75 Å². The van der Waals surface area contributed by atoms with Gasteiger partial charge in [0.25, 0.3) is 0 Å². The van der Waals surface area contributed by atoms with Crippen molar-refractivity contribution in [1.82, 2.24) is 15.0 Å². The number of nitrogens with one attached hydrogen (secondary N) is 1. The fraction of sp³-hybridized carbons (Fsp3) is 0.360. The van der Waals surface area contributed by atoms with Crippen LogP contribution >= 0.6 is 0 Å². The zero-order chi connectivity index (χ0) is 23.9. The van der Waals surface area contributed by atoms with Gasteiger partial charge in [-0.15, -0.1) is 0 Å². The Morgan fingerprint density at radius 3 is 2.46 bits per heavy atom. The second-order valence-corrected chi connectivity index (χ2v) is 8.38. The van der Waals surface area contributed by atoms with E-state index in [4.69, 9.17) is 14.5 Å². The number of hydrogen-bond donors (Lipinski definition) is 1. The minimum atomic E-state index is -0.281. The minimum absolute atomic E-state index is 0.153. The molecule has 3 heterocycles. The predicted molar refractivity (Wildman–Crippen MR) is 133 cm³/mol. The summed E-state index contributed by atoms with van der Waals surface area (Å²) in [4.78, 5) is 18.2. The van der Waals surface area contributed by atoms with Crippen LogP contribution in [0.2, 0.25) is 0 Å². The van der Waals surface area contributed by atoms with Crippen molar-refractivity contribution in [3.8, 4) is 5.75 Å². The van der Waals surface area contributed by atoms with Crippen LogP contribution in [0.25, 0.3) is 0 Å². The number of ether oxygens (including phenoxy) is 2. The van der Waals surface area contributed by atoms with Crippen LogP contribution in [0.3, 0.4) is 0 Å². The van der Waals surface area contributed by atoms with Gasteiger partial charge in [-0.25, -0.2) is 9.82 Å². The van der Waals surface area contributed by atoms with Gasteiger partial charge < -0.3 is 19.3 Å². The maximum absolute atomic E-state index is 13.8. The number of anilines is 3. The van der Waals surface area contributed by atoms with Gasteiger partial charge in [-0.2, -0.15) is 20.1 Å². The quantitative estimate of drug-likeness (QED) is 0.390. The molecular weight excluding hydrogens is 449 g/mol. The highest BCUT2D eigenvalue weighted by Crippen LogP contribution is 2.21. The van der Waals surface area contributed by atoms with Gasteiger partial charge in [-0.05, 0) is 36.6 Å². The van der Waals surface area contributed by atoms with E-state index in [2.05, 4.69) is 30.3 Å². The fourth-order valence-electron chi connectivity index (χ4n) is 3.99. The zero-order valence-corrected chi connectivity index (χ0v) is 19.4. The zero-order valence-electron chi connectivity index (χ0n) is 19.4. The SMILES string of the molecule is Fc1ccccc1COc1cccc(/C=N/Nc2nc(N3CCCC3)nc(N3CCOCC3)n2)c1. The molecule has 0 amide bonds. The molecule has 1 aromatic heterocycles. The summed E-state index contributed by atoms with van der Waals surface area (Å²) >= 11 is 0. The topological polar surface area (TPSA) is 88.0 Å². The number of benzene rings is 2. The summed E-state index contributed by atoms with van der Waals surface area (Å²) in [5.41, 5.74) is 4.29. The first kappa shape index (κ1) is 23.0. The third-order valence-electron chi connectivity index (χ3n) is 5.88. The molecule has 5 rings (SSSR count). The Balaban J connectivity index is 1.27. The smallest absolute Gasteiger partial charge is 0.250 e. The first-order valence-corrected chi connectivity index (χ1v) is 11.8. The molecule has 0 unspecified atom stereocenters. The van der Waals surface area contributed by atoms with Gasteiger partial charge in [0, 0.05) is 31.7 Å². The van der Waals surface area contributed by atoms with Crippen molar-refractivity contribution in [3.05, 3.63) is 65.5 Å². The average Bonchev–Trinajstić information content (AvgIpc) is 3.44. The number of rotatable bonds is 8. The first-order chi connectivity index (χ1) is 17.2. The Kier molecular flexibility index (Phi) is 7.28. The van der Waals surface area contributed by atoms with Gasteiger partial charge in [0.05, 0.1) is 19.4 Å². The Hall–Kier alpha value is -3.79. The van der Waals surface area contributed by atoms with E-state index < -0.39 is 0 Å². The molecule has 0 radical (unpaired) electrons. The van der Waals surface area contributed by atoms with Crippen molar-refractivity contribution in [2.45, 2.75) is 19.4 Å². The molecule has 2 aromatic carbocycles. The molecule has 10 heteroatoms. The molecule has 9 nitrogen and oxygen atoms in total. The molecule has 0 spiro atoms. The second-order valence-electron chi connectivity index (χ2n) is 8.38. The lowest BCUT2D eigenvalue weighted by molar-refractivity contribution is 0.122. The second kappa shape index (κ2) is 11.1. The highest BCUT2D eigenvalue weighted by Gasteiger charge is 2.21. The summed E-state index contributed by atoms with van der Waals surface area (Å²) < 4.78 is 25.1. The van der Waals surface area contributed by atoms with E-state index >= 15 is 0 Å². The summed E-state index contributed by atoms with van der Waals surface area (Å²) in [6.07, 6.45) is 3.94. The van der Waals surface area contributed by atoms with E-state index in [1.165, 1.54) is 6.07 Å². The van der Waals surface area contributed by atoms with E-state index in [-0.39, 0.29) is 12.4 Å². The summed E-state index contributed by atoms with van der Waals surface area (Å²) in [6.45, 7) is 4.82. The maximum Gasteiger partial charge on any atom is 0.250 e. The standard InChI is InChI=1S/C25H28FN7O2/c26-22-9-2-1-7-20(22)18-35-21-8-5-6-19(16-21)17-27-31-23-28-24(32-10-3-4-11-32)30-25(29-23)33-12-14-34-15-13-33/h1-2,5-9,16-17H,3-4,10-15,18H2,(H,28,29,30,31)/b27-17+. The van der Waals surface area contributed by atoms with E-state index in [1.54, 1.807) is 24.4 Å². The number of hydrogen-bond acceptors (Lipinski definition) is 9. The highest BCUT2D eigenvalue weighted by atomic mass is 19.1. The van der Waals surface area contributed by atoms with Gasteiger partial charge in [0.2, 0.25) is 17.8 Å².